The van der Waals surface area contributed by atoms with Gasteiger partial charge in [0.1, 0.15) is 5.52 Å². The quantitative estimate of drug-likeness (QED) is 0.883. The van der Waals surface area contributed by atoms with E-state index in [0.717, 1.165) is 12.1 Å². The molecule has 1 unspecified atom stereocenters. The van der Waals surface area contributed by atoms with Crippen LogP contribution in [0.1, 0.15) is 18.4 Å². The first-order chi connectivity index (χ1) is 7.86. The Kier molecular flexibility index (Phi) is 2.82. The van der Waals surface area contributed by atoms with Crippen LogP contribution in [0.2, 0.25) is 0 Å². The summed E-state index contributed by atoms with van der Waals surface area (Å²) >= 11 is 0. The average Bonchev–Trinajstić information content (AvgIpc) is 2.55. The van der Waals surface area contributed by atoms with Crippen molar-refractivity contribution in [2.75, 3.05) is 0 Å². The number of alkyl halides is 3. The highest BCUT2D eigenvalue weighted by Gasteiger charge is 2.31. The van der Waals surface area contributed by atoms with Gasteiger partial charge in [-0.1, -0.05) is 0 Å². The zero-order chi connectivity index (χ0) is 12.6. The molecule has 0 fully saturated rings. The molecule has 17 heavy (non-hydrogen) atoms. The summed E-state index contributed by atoms with van der Waals surface area (Å²) in [6, 6.07) is 3.08. The third kappa shape index (κ3) is 2.58. The van der Waals surface area contributed by atoms with Crippen molar-refractivity contribution >= 4 is 11.1 Å². The molecule has 2 N–H and O–H groups in total. The number of benzene rings is 1. The van der Waals surface area contributed by atoms with Gasteiger partial charge in [-0.2, -0.15) is 13.2 Å². The van der Waals surface area contributed by atoms with Gasteiger partial charge in [-0.05, 0) is 25.1 Å². The van der Waals surface area contributed by atoms with Crippen LogP contribution >= 0.6 is 0 Å². The van der Waals surface area contributed by atoms with Crippen LogP contribution in [0.25, 0.3) is 11.1 Å². The van der Waals surface area contributed by atoms with Crippen LogP contribution in [0.4, 0.5) is 13.2 Å². The Morgan fingerprint density at radius 3 is 2.71 bits per heavy atom. The number of fused-ring (bicyclic) bond motifs is 1. The average molecular weight is 244 g/mol. The van der Waals surface area contributed by atoms with Crippen molar-refractivity contribution in [3.8, 4) is 0 Å². The Morgan fingerprint density at radius 1 is 1.41 bits per heavy atom. The first-order valence-corrected chi connectivity index (χ1v) is 5.08. The molecule has 0 bridgehead atoms. The summed E-state index contributed by atoms with van der Waals surface area (Å²) in [4.78, 5) is 3.98. The molecule has 0 saturated carbocycles. The summed E-state index contributed by atoms with van der Waals surface area (Å²) in [5.74, 6) is 0.356. The molecule has 0 aliphatic rings. The standard InChI is InChI=1S/C11H11F3N2O/c1-6(15)4-10-16-8-5-7(11(12,13)14)2-3-9(8)17-10/h2-3,5-6H,4,15H2,1H3. The van der Waals surface area contributed by atoms with E-state index in [1.165, 1.54) is 6.07 Å². The topological polar surface area (TPSA) is 52.0 Å². The van der Waals surface area contributed by atoms with E-state index in [4.69, 9.17) is 10.2 Å². The van der Waals surface area contributed by atoms with Crippen LogP contribution in [0.3, 0.4) is 0 Å². The molecule has 0 aliphatic carbocycles. The maximum absolute atomic E-state index is 12.5. The molecule has 1 aromatic heterocycles. The van der Waals surface area contributed by atoms with Gasteiger partial charge < -0.3 is 10.2 Å². The van der Waals surface area contributed by atoms with Crippen molar-refractivity contribution in [1.82, 2.24) is 4.98 Å². The Morgan fingerprint density at radius 2 is 2.12 bits per heavy atom. The van der Waals surface area contributed by atoms with Gasteiger partial charge in [0.25, 0.3) is 0 Å². The number of halogens is 3. The van der Waals surface area contributed by atoms with Crippen molar-refractivity contribution in [1.29, 1.82) is 0 Å². The number of nitrogens with two attached hydrogens (primary N) is 1. The van der Waals surface area contributed by atoms with Crippen molar-refractivity contribution < 1.29 is 17.6 Å². The smallest absolute Gasteiger partial charge is 0.416 e. The molecule has 0 aliphatic heterocycles. The number of hydrogen-bond donors (Lipinski definition) is 1. The second-order valence-electron chi connectivity index (χ2n) is 3.97. The zero-order valence-corrected chi connectivity index (χ0v) is 9.08. The van der Waals surface area contributed by atoms with Crippen LogP contribution in [0.5, 0.6) is 0 Å². The molecule has 3 nitrogen and oxygen atoms in total. The van der Waals surface area contributed by atoms with E-state index in [-0.39, 0.29) is 11.6 Å². The molecule has 6 heteroatoms. The molecule has 2 aromatic rings. The monoisotopic (exact) mass is 244 g/mol. The van der Waals surface area contributed by atoms with Gasteiger partial charge in [-0.3, -0.25) is 0 Å². The molecule has 0 spiro atoms. The highest BCUT2D eigenvalue weighted by Crippen LogP contribution is 2.31. The fraction of sp³-hybridized carbons (Fsp3) is 0.364. The van der Waals surface area contributed by atoms with Gasteiger partial charge in [0.15, 0.2) is 11.5 Å². The molecule has 1 heterocycles. The molecular formula is C11H11F3N2O. The van der Waals surface area contributed by atoms with E-state index in [1.807, 2.05) is 0 Å². The lowest BCUT2D eigenvalue weighted by molar-refractivity contribution is -0.137. The van der Waals surface area contributed by atoms with Crippen LogP contribution in [0, 0.1) is 0 Å². The summed E-state index contributed by atoms with van der Waals surface area (Å²) in [5, 5.41) is 0. The van der Waals surface area contributed by atoms with Gasteiger partial charge in [0.2, 0.25) is 0 Å². The van der Waals surface area contributed by atoms with Crippen molar-refractivity contribution in [2.24, 2.45) is 5.73 Å². The first kappa shape index (κ1) is 11.9. The highest BCUT2D eigenvalue weighted by atomic mass is 19.4. The fourth-order valence-electron chi connectivity index (χ4n) is 1.51. The Balaban J connectivity index is 2.41. The van der Waals surface area contributed by atoms with Gasteiger partial charge in [-0.15, -0.1) is 0 Å². The molecule has 1 atom stereocenters. The van der Waals surface area contributed by atoms with Crippen LogP contribution in [-0.2, 0) is 12.6 Å². The van der Waals surface area contributed by atoms with Crippen LogP contribution < -0.4 is 5.73 Å². The SMILES string of the molecule is CC(N)Cc1nc2cc(C(F)(F)F)ccc2o1. The summed E-state index contributed by atoms with van der Waals surface area (Å²) in [7, 11) is 0. The van der Waals surface area contributed by atoms with E-state index >= 15 is 0 Å². The van der Waals surface area contributed by atoms with E-state index in [1.54, 1.807) is 6.92 Å². The summed E-state index contributed by atoms with van der Waals surface area (Å²) in [6.07, 6.45) is -3.97. The zero-order valence-electron chi connectivity index (χ0n) is 9.08. The number of hydrogen-bond acceptors (Lipinski definition) is 3. The largest absolute Gasteiger partial charge is 0.441 e. The minimum absolute atomic E-state index is 0.148. The lowest BCUT2D eigenvalue weighted by Crippen LogP contribution is -2.17. The number of rotatable bonds is 2. The molecule has 0 radical (unpaired) electrons. The van der Waals surface area contributed by atoms with Gasteiger partial charge >= 0.3 is 6.18 Å². The normalized spacial score (nSPS) is 14.2. The van der Waals surface area contributed by atoms with Gasteiger partial charge in [0, 0.05) is 12.5 Å². The lowest BCUT2D eigenvalue weighted by atomic mass is 10.2. The minimum atomic E-state index is -4.37. The molecular weight excluding hydrogens is 233 g/mol. The summed E-state index contributed by atoms with van der Waals surface area (Å²) in [5.41, 5.74) is 5.38. The predicted molar refractivity (Wildman–Crippen MR) is 56.4 cm³/mol. The Labute approximate surface area is 95.4 Å². The van der Waals surface area contributed by atoms with Crippen LogP contribution in [-0.4, -0.2) is 11.0 Å². The molecule has 2 rings (SSSR count). The molecule has 0 saturated heterocycles. The number of oxazole rings is 1. The summed E-state index contributed by atoms with van der Waals surface area (Å²) < 4.78 is 42.7. The van der Waals surface area contributed by atoms with Crippen molar-refractivity contribution in [2.45, 2.75) is 25.6 Å². The number of aromatic nitrogens is 1. The lowest BCUT2D eigenvalue weighted by Gasteiger charge is -2.04. The van der Waals surface area contributed by atoms with E-state index in [2.05, 4.69) is 4.98 Å². The van der Waals surface area contributed by atoms with Gasteiger partial charge in [0.05, 0.1) is 5.56 Å². The van der Waals surface area contributed by atoms with E-state index < -0.39 is 11.7 Å². The number of nitrogens with zero attached hydrogens (tertiary/aromatic N) is 1. The first-order valence-electron chi connectivity index (χ1n) is 5.08. The predicted octanol–water partition coefficient (Wildman–Crippen LogP) is 2.74. The van der Waals surface area contributed by atoms with Crippen molar-refractivity contribution in [3.63, 3.8) is 0 Å². The highest BCUT2D eigenvalue weighted by molar-refractivity contribution is 5.73. The molecule has 1 aromatic carbocycles. The second-order valence-corrected chi connectivity index (χ2v) is 3.97. The maximum Gasteiger partial charge on any atom is 0.416 e. The van der Waals surface area contributed by atoms with Crippen molar-refractivity contribution in [3.05, 3.63) is 29.7 Å². The minimum Gasteiger partial charge on any atom is -0.441 e. The Hall–Kier alpha value is -1.56. The van der Waals surface area contributed by atoms with Gasteiger partial charge in [-0.25, -0.2) is 4.98 Å². The van der Waals surface area contributed by atoms with E-state index in [9.17, 15) is 13.2 Å². The third-order valence-electron chi connectivity index (χ3n) is 2.26. The Bertz CT molecular complexity index is 531. The van der Waals surface area contributed by atoms with Crippen LogP contribution in [0.15, 0.2) is 22.6 Å². The molecule has 92 valence electrons. The molecule has 0 amide bonds. The van der Waals surface area contributed by atoms with E-state index in [0.29, 0.717) is 17.9 Å². The second kappa shape index (κ2) is 4.03. The third-order valence-corrected chi connectivity index (χ3v) is 2.26. The summed E-state index contributed by atoms with van der Waals surface area (Å²) in [6.45, 7) is 1.77. The fourth-order valence-corrected chi connectivity index (χ4v) is 1.51. The maximum atomic E-state index is 12.5.